The van der Waals surface area contributed by atoms with Crippen molar-refractivity contribution in [1.82, 2.24) is 10.6 Å². The number of hydrogen-bond donors (Lipinski definition) is 3. The lowest BCUT2D eigenvalue weighted by molar-refractivity contribution is -0.141. The molecule has 0 spiro atoms. The molecule has 1 aliphatic carbocycles. The summed E-state index contributed by atoms with van der Waals surface area (Å²) < 4.78 is 10.8. The van der Waals surface area contributed by atoms with Crippen molar-refractivity contribution >= 4 is 18.0 Å². The van der Waals surface area contributed by atoms with Crippen LogP contribution in [0.3, 0.4) is 0 Å². The molecule has 0 heterocycles. The van der Waals surface area contributed by atoms with Crippen molar-refractivity contribution < 1.29 is 29.0 Å². The predicted molar refractivity (Wildman–Crippen MR) is 118 cm³/mol. The van der Waals surface area contributed by atoms with Gasteiger partial charge in [-0.3, -0.25) is 9.59 Å². The monoisotopic (exact) mass is 440 g/mol. The van der Waals surface area contributed by atoms with E-state index in [1.807, 2.05) is 24.3 Å². The highest BCUT2D eigenvalue weighted by atomic mass is 16.5. The lowest BCUT2D eigenvalue weighted by Crippen LogP contribution is -2.32. The molecule has 3 rings (SSSR count). The lowest BCUT2D eigenvalue weighted by atomic mass is 9.98. The van der Waals surface area contributed by atoms with E-state index in [4.69, 9.17) is 14.6 Å². The van der Waals surface area contributed by atoms with Gasteiger partial charge in [0.25, 0.3) is 0 Å². The quantitative estimate of drug-likeness (QED) is 0.463. The van der Waals surface area contributed by atoms with Crippen molar-refractivity contribution in [3.8, 4) is 11.1 Å². The zero-order chi connectivity index (χ0) is 22.9. The van der Waals surface area contributed by atoms with Crippen LogP contribution in [0.15, 0.2) is 48.5 Å². The van der Waals surface area contributed by atoms with Crippen LogP contribution in [-0.2, 0) is 19.1 Å². The molecule has 1 atom stereocenters. The molecule has 3 N–H and O–H groups in total. The number of carbonyl (C=O) groups is 3. The van der Waals surface area contributed by atoms with Crippen LogP contribution in [-0.4, -0.2) is 56.0 Å². The van der Waals surface area contributed by atoms with E-state index in [9.17, 15) is 14.4 Å². The summed E-state index contributed by atoms with van der Waals surface area (Å²) in [7, 11) is 0. The number of ether oxygens (including phenoxy) is 2. The van der Waals surface area contributed by atoms with Gasteiger partial charge in [0.15, 0.2) is 0 Å². The van der Waals surface area contributed by atoms with Gasteiger partial charge in [0.1, 0.15) is 6.61 Å². The average Bonchev–Trinajstić information content (AvgIpc) is 3.12. The van der Waals surface area contributed by atoms with Gasteiger partial charge in [0.2, 0.25) is 5.91 Å². The van der Waals surface area contributed by atoms with E-state index in [1.165, 1.54) is 18.1 Å². The van der Waals surface area contributed by atoms with Gasteiger partial charge in [0, 0.05) is 25.4 Å². The first-order chi connectivity index (χ1) is 15.5. The van der Waals surface area contributed by atoms with Gasteiger partial charge >= 0.3 is 12.1 Å². The van der Waals surface area contributed by atoms with Gasteiger partial charge in [-0.05, 0) is 22.3 Å². The molecule has 170 valence electrons. The zero-order valence-corrected chi connectivity index (χ0v) is 18.0. The van der Waals surface area contributed by atoms with Crippen molar-refractivity contribution in [3.05, 3.63) is 59.7 Å². The summed E-state index contributed by atoms with van der Waals surface area (Å²) in [5.74, 6) is -1.86. The zero-order valence-electron chi connectivity index (χ0n) is 18.0. The summed E-state index contributed by atoms with van der Waals surface area (Å²) in [6.07, 6.45) is -0.395. The second-order valence-corrected chi connectivity index (χ2v) is 7.66. The molecule has 1 unspecified atom stereocenters. The number of nitrogens with one attached hydrogen (secondary N) is 2. The summed E-state index contributed by atoms with van der Waals surface area (Å²) in [6.45, 7) is 2.53. The van der Waals surface area contributed by atoms with Gasteiger partial charge in [-0.25, -0.2) is 4.79 Å². The molecule has 0 saturated carbocycles. The van der Waals surface area contributed by atoms with Crippen molar-refractivity contribution in [2.24, 2.45) is 5.92 Å². The topological polar surface area (TPSA) is 114 Å². The third-order valence-electron chi connectivity index (χ3n) is 5.36. The van der Waals surface area contributed by atoms with Gasteiger partial charge in [-0.15, -0.1) is 0 Å². The predicted octanol–water partition coefficient (Wildman–Crippen LogP) is 2.77. The SMILES string of the molecule is CC(CNC(=O)CCOCCNC(=O)OCC1c2ccccc2-c2ccccc21)C(=O)O. The number of carboxylic acid groups (broad SMARTS) is 1. The first-order valence-corrected chi connectivity index (χ1v) is 10.6. The van der Waals surface area contributed by atoms with Crippen LogP contribution in [0.4, 0.5) is 4.79 Å². The summed E-state index contributed by atoms with van der Waals surface area (Å²) in [5.41, 5.74) is 4.65. The molecule has 8 nitrogen and oxygen atoms in total. The molecule has 0 bridgehead atoms. The molecule has 0 radical (unpaired) electrons. The Hall–Kier alpha value is -3.39. The Morgan fingerprint density at radius 1 is 0.969 bits per heavy atom. The van der Waals surface area contributed by atoms with Crippen molar-refractivity contribution in [1.29, 1.82) is 0 Å². The summed E-state index contributed by atoms with van der Waals surface area (Å²) in [6, 6.07) is 16.3. The van der Waals surface area contributed by atoms with Crippen LogP contribution in [0.5, 0.6) is 0 Å². The normalized spacial score (nSPS) is 13.0. The summed E-state index contributed by atoms with van der Waals surface area (Å²) in [4.78, 5) is 34.4. The van der Waals surface area contributed by atoms with E-state index in [2.05, 4.69) is 34.9 Å². The van der Waals surface area contributed by atoms with Gasteiger partial charge in [-0.2, -0.15) is 0 Å². The molecule has 0 aromatic heterocycles. The fourth-order valence-electron chi connectivity index (χ4n) is 3.58. The largest absolute Gasteiger partial charge is 0.481 e. The van der Waals surface area contributed by atoms with Crippen molar-refractivity contribution in [3.63, 3.8) is 0 Å². The lowest BCUT2D eigenvalue weighted by Gasteiger charge is -2.14. The summed E-state index contributed by atoms with van der Waals surface area (Å²) in [5, 5.41) is 14.0. The van der Waals surface area contributed by atoms with E-state index in [-0.39, 0.29) is 51.2 Å². The molecule has 0 saturated heterocycles. The molecule has 0 aliphatic heterocycles. The molecule has 2 amide bonds. The van der Waals surface area contributed by atoms with Crippen LogP contribution < -0.4 is 10.6 Å². The maximum atomic E-state index is 12.1. The maximum Gasteiger partial charge on any atom is 0.407 e. The number of hydrogen-bond acceptors (Lipinski definition) is 5. The van der Waals surface area contributed by atoms with Crippen molar-refractivity contribution in [2.45, 2.75) is 19.3 Å². The van der Waals surface area contributed by atoms with Gasteiger partial charge < -0.3 is 25.2 Å². The minimum Gasteiger partial charge on any atom is -0.481 e. The fourth-order valence-corrected chi connectivity index (χ4v) is 3.58. The van der Waals surface area contributed by atoms with Crippen molar-refractivity contribution in [2.75, 3.05) is 32.9 Å². The Bertz CT molecular complexity index is 916. The minimum atomic E-state index is -0.958. The highest BCUT2D eigenvalue weighted by Gasteiger charge is 2.28. The maximum absolute atomic E-state index is 12.1. The number of rotatable bonds is 11. The van der Waals surface area contributed by atoms with E-state index >= 15 is 0 Å². The number of benzene rings is 2. The summed E-state index contributed by atoms with van der Waals surface area (Å²) >= 11 is 0. The standard InChI is InChI=1S/C24H28N2O6/c1-16(23(28)29)14-26-22(27)10-12-31-13-11-25-24(30)32-15-21-19-8-4-2-6-17(19)18-7-3-5-9-20(18)21/h2-9,16,21H,10-15H2,1H3,(H,25,30)(H,26,27)(H,28,29). The number of alkyl carbamates (subject to hydrolysis) is 1. The number of amides is 2. The molecular formula is C24H28N2O6. The molecule has 0 fully saturated rings. The molecular weight excluding hydrogens is 412 g/mol. The number of carboxylic acids is 1. The minimum absolute atomic E-state index is 0.00626. The molecule has 2 aromatic carbocycles. The smallest absolute Gasteiger partial charge is 0.407 e. The van der Waals surface area contributed by atoms with Crippen LogP contribution in [0.2, 0.25) is 0 Å². The van der Waals surface area contributed by atoms with Gasteiger partial charge in [-0.1, -0.05) is 55.5 Å². The number of carbonyl (C=O) groups excluding carboxylic acids is 2. The van der Waals surface area contributed by atoms with Gasteiger partial charge in [0.05, 0.1) is 19.1 Å². The fraction of sp³-hybridized carbons (Fsp3) is 0.375. The number of fused-ring (bicyclic) bond motifs is 3. The van der Waals surface area contributed by atoms with E-state index in [0.29, 0.717) is 0 Å². The third-order valence-corrected chi connectivity index (χ3v) is 5.36. The van der Waals surface area contributed by atoms with Crippen LogP contribution in [0.1, 0.15) is 30.4 Å². The Morgan fingerprint density at radius 3 is 2.22 bits per heavy atom. The van der Waals surface area contributed by atoms with E-state index < -0.39 is 18.0 Å². The first kappa shape index (κ1) is 23.3. The van der Waals surface area contributed by atoms with E-state index in [0.717, 1.165) is 11.1 Å². The Morgan fingerprint density at radius 2 is 1.59 bits per heavy atom. The van der Waals surface area contributed by atoms with Crippen LogP contribution in [0.25, 0.3) is 11.1 Å². The third kappa shape index (κ3) is 6.07. The molecule has 32 heavy (non-hydrogen) atoms. The highest BCUT2D eigenvalue weighted by Crippen LogP contribution is 2.44. The average molecular weight is 440 g/mol. The Kier molecular flexibility index (Phi) is 8.21. The Balaban J connectivity index is 1.32. The second-order valence-electron chi connectivity index (χ2n) is 7.66. The first-order valence-electron chi connectivity index (χ1n) is 10.6. The van der Waals surface area contributed by atoms with E-state index in [1.54, 1.807) is 0 Å². The highest BCUT2D eigenvalue weighted by molar-refractivity contribution is 5.79. The Labute approximate surface area is 186 Å². The molecule has 1 aliphatic rings. The number of aliphatic carboxylic acids is 1. The van der Waals surface area contributed by atoms with Crippen LogP contribution >= 0.6 is 0 Å². The second kappa shape index (κ2) is 11.3. The van der Waals surface area contributed by atoms with Crippen LogP contribution in [0, 0.1) is 5.92 Å². The molecule has 2 aromatic rings. The molecule has 8 heteroatoms.